The number of nitrogens with zero attached hydrogens (tertiary/aromatic N) is 3. The second kappa shape index (κ2) is 8.53. The van der Waals surface area contributed by atoms with E-state index in [1.165, 1.54) is 13.0 Å². The highest BCUT2D eigenvalue weighted by atomic mass is 19.4. The molecule has 0 spiro atoms. The topological polar surface area (TPSA) is 28.0 Å². The highest BCUT2D eigenvalue weighted by Gasteiger charge is 2.43. The van der Waals surface area contributed by atoms with Crippen LogP contribution in [-0.4, -0.2) is 43.3 Å². The molecule has 1 saturated carbocycles. The molecule has 2 fully saturated rings. The van der Waals surface area contributed by atoms with E-state index in [1.807, 2.05) is 4.90 Å². The summed E-state index contributed by atoms with van der Waals surface area (Å²) < 4.78 is 78.1. The summed E-state index contributed by atoms with van der Waals surface area (Å²) in [4.78, 5) is 9.22. The van der Waals surface area contributed by atoms with E-state index in [2.05, 4.69) is 16.7 Å². The number of alkyl halides is 6. The summed E-state index contributed by atoms with van der Waals surface area (Å²) in [5, 5.41) is 0. The molecule has 1 aliphatic carbocycles. The van der Waals surface area contributed by atoms with Gasteiger partial charge in [-0.25, -0.2) is 0 Å². The highest BCUT2D eigenvalue weighted by Crippen LogP contribution is 2.48. The Balaban J connectivity index is 1.61. The molecule has 0 aromatic heterocycles. The number of rotatable bonds is 5. The SMILES string of the molecule is C=N/C(=C\C(C)=N/CN1CC2CC(c3ccccc3C(F)(F)F)CC2C1)C(F)(F)F. The third-order valence-corrected chi connectivity index (χ3v) is 5.86. The molecule has 3 rings (SSSR count). The highest BCUT2D eigenvalue weighted by molar-refractivity contribution is 5.93. The molecule has 164 valence electrons. The van der Waals surface area contributed by atoms with Crippen LogP contribution < -0.4 is 0 Å². The van der Waals surface area contributed by atoms with Crippen LogP contribution in [0.5, 0.6) is 0 Å². The molecule has 9 heteroatoms. The van der Waals surface area contributed by atoms with Crippen LogP contribution in [0.4, 0.5) is 26.3 Å². The van der Waals surface area contributed by atoms with Gasteiger partial charge in [-0.05, 0) is 61.9 Å². The molecule has 1 aromatic carbocycles. The summed E-state index contributed by atoms with van der Waals surface area (Å²) in [5.74, 6) is 0.409. The quantitative estimate of drug-likeness (QED) is 0.434. The van der Waals surface area contributed by atoms with E-state index in [0.29, 0.717) is 31.5 Å². The van der Waals surface area contributed by atoms with Crippen LogP contribution in [0.15, 0.2) is 46.0 Å². The number of halogens is 6. The summed E-state index contributed by atoms with van der Waals surface area (Å²) in [5.41, 5.74) is -1.09. The molecular weight excluding hydrogens is 408 g/mol. The van der Waals surface area contributed by atoms with Crippen LogP contribution in [0, 0.1) is 11.8 Å². The van der Waals surface area contributed by atoms with Crippen molar-refractivity contribution in [2.75, 3.05) is 19.8 Å². The Hall–Kier alpha value is -2.16. The molecule has 2 unspecified atom stereocenters. The van der Waals surface area contributed by atoms with Gasteiger partial charge in [0.05, 0.1) is 12.2 Å². The van der Waals surface area contributed by atoms with Crippen LogP contribution in [0.25, 0.3) is 0 Å². The molecule has 2 atom stereocenters. The zero-order valence-corrected chi connectivity index (χ0v) is 16.5. The molecule has 0 N–H and O–H groups in total. The van der Waals surface area contributed by atoms with E-state index in [9.17, 15) is 26.3 Å². The number of fused-ring (bicyclic) bond motifs is 1. The summed E-state index contributed by atoms with van der Waals surface area (Å²) >= 11 is 0. The van der Waals surface area contributed by atoms with Crippen molar-refractivity contribution in [2.45, 2.75) is 38.0 Å². The molecule has 3 nitrogen and oxygen atoms in total. The molecule has 1 aromatic rings. The molecule has 1 aliphatic heterocycles. The van der Waals surface area contributed by atoms with Crippen LogP contribution in [0.1, 0.15) is 36.8 Å². The van der Waals surface area contributed by atoms with Gasteiger partial charge < -0.3 is 0 Å². The zero-order chi connectivity index (χ0) is 22.1. The Morgan fingerprint density at radius 2 is 1.70 bits per heavy atom. The van der Waals surface area contributed by atoms with Crippen LogP contribution >= 0.6 is 0 Å². The maximum atomic E-state index is 13.3. The molecule has 30 heavy (non-hydrogen) atoms. The number of hydrogen-bond donors (Lipinski definition) is 0. The van der Waals surface area contributed by atoms with Gasteiger partial charge in [-0.1, -0.05) is 18.2 Å². The summed E-state index contributed by atoms with van der Waals surface area (Å²) in [6, 6.07) is 5.75. The second-order valence-electron chi connectivity index (χ2n) is 7.94. The van der Waals surface area contributed by atoms with Crippen molar-refractivity contribution in [3.8, 4) is 0 Å². The van der Waals surface area contributed by atoms with Crippen LogP contribution in [0.2, 0.25) is 0 Å². The van der Waals surface area contributed by atoms with E-state index < -0.39 is 23.6 Å². The van der Waals surface area contributed by atoms with Gasteiger partial charge in [0.25, 0.3) is 0 Å². The number of allylic oxidation sites excluding steroid dienone is 2. The predicted octanol–water partition coefficient (Wildman–Crippen LogP) is 5.70. The standard InChI is InChI=1S/C21H23F6N3/c1-13(7-19(28-2)21(25,26)27)29-12-30-10-15-8-14(9-16(15)11-30)17-5-3-4-6-18(17)20(22,23)24/h3-7,14-16H,2,8-12H2,1H3/b19-7-,29-13-. The van der Waals surface area contributed by atoms with E-state index >= 15 is 0 Å². The number of likely N-dealkylation sites (tertiary alicyclic amines) is 1. The van der Waals surface area contributed by atoms with E-state index in [-0.39, 0.29) is 30.1 Å². The molecular formula is C21H23F6N3. The first-order chi connectivity index (χ1) is 14.0. The van der Waals surface area contributed by atoms with Crippen molar-refractivity contribution in [2.24, 2.45) is 21.8 Å². The fraction of sp³-hybridized carbons (Fsp3) is 0.524. The average Bonchev–Trinajstić information content (AvgIpc) is 3.21. The van der Waals surface area contributed by atoms with E-state index in [1.54, 1.807) is 12.1 Å². The lowest BCUT2D eigenvalue weighted by atomic mass is 9.91. The van der Waals surface area contributed by atoms with Crippen LogP contribution in [0.3, 0.4) is 0 Å². The minimum atomic E-state index is -4.58. The van der Waals surface area contributed by atoms with Gasteiger partial charge in [0.1, 0.15) is 5.70 Å². The maximum Gasteiger partial charge on any atom is 0.433 e. The number of benzene rings is 1. The maximum absolute atomic E-state index is 13.3. The van der Waals surface area contributed by atoms with Crippen molar-refractivity contribution in [3.05, 3.63) is 47.2 Å². The minimum Gasteiger partial charge on any atom is -0.284 e. The molecule has 0 radical (unpaired) electrons. The predicted molar refractivity (Wildman–Crippen MR) is 104 cm³/mol. The number of hydrogen-bond acceptors (Lipinski definition) is 3. The Bertz CT molecular complexity index is 826. The normalized spacial score (nSPS) is 26.2. The van der Waals surface area contributed by atoms with Gasteiger partial charge in [0, 0.05) is 18.8 Å². The Morgan fingerprint density at radius 3 is 2.23 bits per heavy atom. The Morgan fingerprint density at radius 1 is 1.10 bits per heavy atom. The minimum absolute atomic E-state index is 0.124. The average molecular weight is 431 g/mol. The molecule has 1 heterocycles. The molecule has 1 saturated heterocycles. The van der Waals surface area contributed by atoms with Gasteiger partial charge in [-0.2, -0.15) is 26.3 Å². The van der Waals surface area contributed by atoms with Crippen molar-refractivity contribution in [1.29, 1.82) is 0 Å². The summed E-state index contributed by atoms with van der Waals surface area (Å²) in [7, 11) is 0. The van der Waals surface area contributed by atoms with Crippen molar-refractivity contribution >= 4 is 12.4 Å². The molecule has 0 amide bonds. The summed E-state index contributed by atoms with van der Waals surface area (Å²) in [6.45, 7) is 6.02. The van der Waals surface area contributed by atoms with Gasteiger partial charge >= 0.3 is 12.4 Å². The molecule has 2 aliphatic rings. The zero-order valence-electron chi connectivity index (χ0n) is 16.5. The van der Waals surface area contributed by atoms with Gasteiger partial charge in [-0.15, -0.1) is 0 Å². The van der Waals surface area contributed by atoms with Gasteiger partial charge in [0.2, 0.25) is 0 Å². The van der Waals surface area contributed by atoms with Gasteiger partial charge in [0.15, 0.2) is 0 Å². The van der Waals surface area contributed by atoms with Crippen molar-refractivity contribution in [1.82, 2.24) is 4.90 Å². The smallest absolute Gasteiger partial charge is 0.284 e. The Labute approximate surface area is 171 Å². The fourth-order valence-corrected chi connectivity index (χ4v) is 4.55. The lowest BCUT2D eigenvalue weighted by Gasteiger charge is -2.20. The lowest BCUT2D eigenvalue weighted by Crippen LogP contribution is -2.23. The first-order valence-electron chi connectivity index (χ1n) is 9.64. The lowest BCUT2D eigenvalue weighted by molar-refractivity contribution is -0.138. The van der Waals surface area contributed by atoms with Crippen molar-refractivity contribution in [3.63, 3.8) is 0 Å². The van der Waals surface area contributed by atoms with E-state index in [0.717, 1.165) is 12.1 Å². The fourth-order valence-electron chi connectivity index (χ4n) is 4.55. The monoisotopic (exact) mass is 431 g/mol. The first kappa shape index (κ1) is 22.5. The van der Waals surface area contributed by atoms with Crippen LogP contribution in [-0.2, 0) is 6.18 Å². The largest absolute Gasteiger partial charge is 0.433 e. The third kappa shape index (κ3) is 5.11. The second-order valence-corrected chi connectivity index (χ2v) is 7.94. The molecule has 0 bridgehead atoms. The van der Waals surface area contributed by atoms with Gasteiger partial charge in [-0.3, -0.25) is 14.9 Å². The summed E-state index contributed by atoms with van der Waals surface area (Å²) in [6.07, 6.45) is -6.74. The first-order valence-corrected chi connectivity index (χ1v) is 9.64. The Kier molecular flexibility index (Phi) is 6.40. The third-order valence-electron chi connectivity index (χ3n) is 5.86. The number of aliphatic imine (C=N–C) groups is 2. The van der Waals surface area contributed by atoms with E-state index in [4.69, 9.17) is 0 Å². The van der Waals surface area contributed by atoms with Crippen molar-refractivity contribution < 1.29 is 26.3 Å².